The van der Waals surface area contributed by atoms with Crippen LogP contribution in [0.2, 0.25) is 0 Å². The van der Waals surface area contributed by atoms with Crippen molar-refractivity contribution < 1.29 is 0 Å². The first-order valence-corrected chi connectivity index (χ1v) is 13.8. The topological polar surface area (TPSA) is 0 Å². The lowest BCUT2D eigenvalue weighted by molar-refractivity contribution is -0.121. The molecule has 0 nitrogen and oxygen atoms in total. The molecule has 4 rings (SSSR count). The second kappa shape index (κ2) is 8.50. The molecule has 4 aliphatic carbocycles. The van der Waals surface area contributed by atoms with Crippen molar-refractivity contribution in [3.63, 3.8) is 0 Å². The molecule has 0 aromatic carbocycles. The second-order valence-corrected chi connectivity index (χ2v) is 13.2. The highest BCUT2D eigenvalue weighted by molar-refractivity contribution is 5.09. The van der Waals surface area contributed by atoms with E-state index in [4.69, 9.17) is 0 Å². The van der Waals surface area contributed by atoms with Crippen molar-refractivity contribution in [1.82, 2.24) is 0 Å². The van der Waals surface area contributed by atoms with Crippen molar-refractivity contribution in [2.45, 2.75) is 125 Å². The first kappa shape index (κ1) is 22.2. The first-order chi connectivity index (χ1) is 13.8. The maximum atomic E-state index is 2.76. The Morgan fingerprint density at radius 1 is 0.793 bits per heavy atom. The molecular weight excluding hydrogens is 348 g/mol. The summed E-state index contributed by atoms with van der Waals surface area (Å²) in [6.07, 6.45) is 19.8. The summed E-state index contributed by atoms with van der Waals surface area (Å²) < 4.78 is 0. The van der Waals surface area contributed by atoms with Gasteiger partial charge in [-0.2, -0.15) is 0 Å². The Morgan fingerprint density at radius 3 is 2.24 bits per heavy atom. The van der Waals surface area contributed by atoms with Gasteiger partial charge in [-0.1, -0.05) is 67.2 Å². The lowest BCUT2D eigenvalue weighted by Crippen LogP contribution is -2.53. The Kier molecular flexibility index (Phi) is 6.51. The van der Waals surface area contributed by atoms with Crippen molar-refractivity contribution in [1.29, 1.82) is 0 Å². The van der Waals surface area contributed by atoms with E-state index in [1.807, 2.05) is 0 Å². The van der Waals surface area contributed by atoms with Crippen molar-refractivity contribution >= 4 is 0 Å². The number of fused-ring (bicyclic) bond motifs is 5. The van der Waals surface area contributed by atoms with E-state index in [2.05, 4.69) is 41.5 Å². The summed E-state index contributed by atoms with van der Waals surface area (Å²) in [5.74, 6) is 8.13. The van der Waals surface area contributed by atoms with Gasteiger partial charge in [0.15, 0.2) is 0 Å². The van der Waals surface area contributed by atoms with Crippen LogP contribution in [0.3, 0.4) is 0 Å². The van der Waals surface area contributed by atoms with Crippen LogP contribution >= 0.6 is 0 Å². The van der Waals surface area contributed by atoms with Crippen molar-refractivity contribution in [3.05, 3.63) is 0 Å². The zero-order valence-corrected chi connectivity index (χ0v) is 20.8. The molecule has 0 aromatic heterocycles. The lowest BCUT2D eigenvalue weighted by atomic mass is 9.44. The summed E-state index contributed by atoms with van der Waals surface area (Å²) >= 11 is 0. The summed E-state index contributed by atoms with van der Waals surface area (Å²) in [5, 5.41) is 0. The fraction of sp³-hybridized carbons (Fsp3) is 1.00. The fourth-order valence-corrected chi connectivity index (χ4v) is 9.74. The van der Waals surface area contributed by atoms with E-state index in [-0.39, 0.29) is 0 Å². The monoisotopic (exact) mass is 400 g/mol. The molecule has 0 bridgehead atoms. The molecule has 168 valence electrons. The molecule has 0 aromatic rings. The predicted molar refractivity (Wildman–Crippen MR) is 127 cm³/mol. The molecule has 0 N–H and O–H groups in total. The van der Waals surface area contributed by atoms with Crippen LogP contribution in [0.5, 0.6) is 0 Å². The Bertz CT molecular complexity index is 548. The van der Waals surface area contributed by atoms with Gasteiger partial charge in [0, 0.05) is 0 Å². The molecule has 0 radical (unpaired) electrons. The number of hydrogen-bond donors (Lipinski definition) is 0. The molecule has 0 aliphatic heterocycles. The summed E-state index contributed by atoms with van der Waals surface area (Å²) in [5.41, 5.74) is 1.36. The van der Waals surface area contributed by atoms with Crippen LogP contribution in [0.15, 0.2) is 0 Å². The molecule has 0 heteroatoms. The van der Waals surface area contributed by atoms with Gasteiger partial charge in [0.1, 0.15) is 0 Å². The van der Waals surface area contributed by atoms with E-state index >= 15 is 0 Å². The predicted octanol–water partition coefficient (Wildman–Crippen LogP) is 9.13. The third-order valence-electron chi connectivity index (χ3n) is 11.6. The number of rotatable bonds is 6. The average Bonchev–Trinajstić information content (AvgIpc) is 3.04. The maximum Gasteiger partial charge on any atom is -0.0264 e. The van der Waals surface area contributed by atoms with Crippen LogP contribution in [-0.2, 0) is 0 Å². The average molecular weight is 401 g/mol. The molecule has 9 atom stereocenters. The normalized spacial score (nSPS) is 48.1. The molecule has 0 heterocycles. The van der Waals surface area contributed by atoms with E-state index in [0.29, 0.717) is 10.8 Å². The van der Waals surface area contributed by atoms with Gasteiger partial charge in [0.25, 0.3) is 0 Å². The highest BCUT2D eigenvalue weighted by Crippen LogP contribution is 2.68. The third-order valence-corrected chi connectivity index (χ3v) is 11.6. The summed E-state index contributed by atoms with van der Waals surface area (Å²) in [6, 6.07) is 0. The minimum absolute atomic E-state index is 0.669. The molecule has 0 saturated heterocycles. The van der Waals surface area contributed by atoms with Gasteiger partial charge in [-0.3, -0.25) is 0 Å². The standard InChI is InChI=1S/C29H52/c1-7-22-15-17-28(5)23(19-22)11-12-24-26-14-13-25(21(4)10-8-9-20(2)3)29(26,6)18-16-27(24)28/h20-27H,7-19H2,1-6H3/t21-,22+,23+,24+,25?,26?,27?,28?,29?/m1/s1. The molecule has 5 unspecified atom stereocenters. The van der Waals surface area contributed by atoms with Crippen molar-refractivity contribution in [2.24, 2.45) is 58.2 Å². The van der Waals surface area contributed by atoms with Crippen molar-refractivity contribution in [3.8, 4) is 0 Å². The molecule has 0 amide bonds. The van der Waals surface area contributed by atoms with Gasteiger partial charge in [0.05, 0.1) is 0 Å². The van der Waals surface area contributed by atoms with Crippen LogP contribution in [0.4, 0.5) is 0 Å². The van der Waals surface area contributed by atoms with E-state index in [0.717, 1.165) is 47.3 Å². The molecule has 4 aliphatic rings. The summed E-state index contributed by atoms with van der Waals surface area (Å²) in [7, 11) is 0. The minimum Gasteiger partial charge on any atom is -0.0651 e. The highest BCUT2D eigenvalue weighted by Gasteiger charge is 2.60. The Morgan fingerprint density at radius 2 is 1.52 bits per heavy atom. The second-order valence-electron chi connectivity index (χ2n) is 13.2. The summed E-state index contributed by atoms with van der Waals surface area (Å²) in [4.78, 5) is 0. The largest absolute Gasteiger partial charge is 0.0651 e. The van der Waals surface area contributed by atoms with Crippen molar-refractivity contribution in [2.75, 3.05) is 0 Å². The maximum absolute atomic E-state index is 2.76. The third kappa shape index (κ3) is 3.86. The zero-order valence-electron chi connectivity index (χ0n) is 20.8. The molecule has 0 spiro atoms. The van der Waals surface area contributed by atoms with Crippen LogP contribution in [0.25, 0.3) is 0 Å². The zero-order chi connectivity index (χ0) is 20.8. The highest BCUT2D eigenvalue weighted by atomic mass is 14.6. The van der Waals surface area contributed by atoms with Gasteiger partial charge in [-0.15, -0.1) is 0 Å². The van der Waals surface area contributed by atoms with Gasteiger partial charge < -0.3 is 0 Å². The molecule has 4 saturated carbocycles. The van der Waals surface area contributed by atoms with Gasteiger partial charge >= 0.3 is 0 Å². The van der Waals surface area contributed by atoms with E-state index in [1.54, 1.807) is 51.4 Å². The smallest absolute Gasteiger partial charge is 0.0264 e. The molecule has 29 heavy (non-hydrogen) atoms. The molecular formula is C29H52. The minimum atomic E-state index is 0.669. The fourth-order valence-electron chi connectivity index (χ4n) is 9.74. The quantitative estimate of drug-likeness (QED) is 0.417. The van der Waals surface area contributed by atoms with E-state index < -0.39 is 0 Å². The van der Waals surface area contributed by atoms with Crippen LogP contribution in [0, 0.1) is 58.2 Å². The van der Waals surface area contributed by atoms with Crippen LogP contribution in [0.1, 0.15) is 125 Å². The SMILES string of the molecule is CC[C@H]1CCC2(C)C3CCC4(C)C(CCC4[C@H](C)CCCC(C)C)[C@@H]3CC[C@H]2C1. The Hall–Kier alpha value is 0. The lowest BCUT2D eigenvalue weighted by Gasteiger charge is -2.61. The Balaban J connectivity index is 1.45. The van der Waals surface area contributed by atoms with E-state index in [1.165, 1.54) is 32.1 Å². The Labute approximate surface area is 183 Å². The summed E-state index contributed by atoms with van der Waals surface area (Å²) in [6.45, 7) is 15.4. The molecule has 4 fully saturated rings. The van der Waals surface area contributed by atoms with Gasteiger partial charge in [0.2, 0.25) is 0 Å². The number of hydrogen-bond acceptors (Lipinski definition) is 0. The van der Waals surface area contributed by atoms with Gasteiger partial charge in [-0.25, -0.2) is 0 Å². The van der Waals surface area contributed by atoms with Crippen LogP contribution < -0.4 is 0 Å². The van der Waals surface area contributed by atoms with E-state index in [9.17, 15) is 0 Å². The first-order valence-electron chi connectivity index (χ1n) is 13.8. The van der Waals surface area contributed by atoms with Crippen LogP contribution in [-0.4, -0.2) is 0 Å². The van der Waals surface area contributed by atoms with Gasteiger partial charge in [-0.05, 0) is 116 Å².